The number of carbonyl (C=O) groups excluding carboxylic acids is 1. The summed E-state index contributed by atoms with van der Waals surface area (Å²) in [5, 5.41) is 26.2. The molecule has 11 heteroatoms. The molecule has 0 spiro atoms. The molecule has 11 nitrogen and oxygen atoms in total. The molecule has 0 aliphatic carbocycles. The highest BCUT2D eigenvalue weighted by Crippen LogP contribution is 2.41. The highest BCUT2D eigenvalue weighted by molar-refractivity contribution is 5.97. The van der Waals surface area contributed by atoms with Crippen LogP contribution in [0.2, 0.25) is 0 Å². The van der Waals surface area contributed by atoms with Crippen LogP contribution in [0.15, 0.2) is 60.8 Å². The molecular formula is C28H27N3O8. The second-order valence-electron chi connectivity index (χ2n) is 8.31. The van der Waals surface area contributed by atoms with Crippen LogP contribution in [0.5, 0.6) is 28.7 Å². The number of fused-ring (bicyclic) bond motifs is 1. The fourth-order valence-electron chi connectivity index (χ4n) is 4.29. The van der Waals surface area contributed by atoms with Crippen LogP contribution >= 0.6 is 0 Å². The van der Waals surface area contributed by atoms with E-state index in [9.17, 15) is 20.0 Å². The molecule has 4 aromatic rings. The van der Waals surface area contributed by atoms with Crippen molar-refractivity contribution < 1.29 is 33.8 Å². The van der Waals surface area contributed by atoms with E-state index in [1.165, 1.54) is 51.8 Å². The highest BCUT2D eigenvalue weighted by atomic mass is 16.6. The number of pyridine rings is 1. The average molecular weight is 534 g/mol. The Morgan fingerprint density at radius 1 is 1.05 bits per heavy atom. The molecule has 0 aliphatic rings. The topological polar surface area (TPSA) is 142 Å². The molecule has 0 fully saturated rings. The summed E-state index contributed by atoms with van der Waals surface area (Å²) in [5.74, 6) is 0.609. The number of benzene rings is 3. The van der Waals surface area contributed by atoms with Crippen molar-refractivity contribution >= 4 is 22.5 Å². The predicted molar refractivity (Wildman–Crippen MR) is 143 cm³/mol. The average Bonchev–Trinajstić information content (AvgIpc) is 2.96. The van der Waals surface area contributed by atoms with E-state index in [2.05, 4.69) is 10.3 Å². The van der Waals surface area contributed by atoms with E-state index in [0.29, 0.717) is 23.7 Å². The summed E-state index contributed by atoms with van der Waals surface area (Å²) in [6.45, 7) is 2.32. The van der Waals surface area contributed by atoms with Crippen LogP contribution in [0.3, 0.4) is 0 Å². The quantitative estimate of drug-likeness (QED) is 0.217. The largest absolute Gasteiger partial charge is 0.505 e. The number of rotatable bonds is 10. The lowest BCUT2D eigenvalue weighted by atomic mass is 9.94. The molecule has 0 saturated heterocycles. The lowest BCUT2D eigenvalue weighted by Crippen LogP contribution is -2.29. The molecule has 2 N–H and O–H groups in total. The maximum absolute atomic E-state index is 13.6. The molecule has 3 aromatic carbocycles. The number of ether oxygens (including phenoxy) is 4. The Balaban J connectivity index is 1.87. The number of methoxy groups -OCH3 is 3. The first-order valence-electron chi connectivity index (χ1n) is 11.9. The first-order valence-corrected chi connectivity index (χ1v) is 11.9. The van der Waals surface area contributed by atoms with Crippen LogP contribution in [-0.2, 0) is 0 Å². The Labute approximate surface area is 224 Å². The van der Waals surface area contributed by atoms with Gasteiger partial charge in [-0.15, -0.1) is 0 Å². The van der Waals surface area contributed by atoms with Gasteiger partial charge >= 0.3 is 0 Å². The number of hydrogen-bond acceptors (Lipinski definition) is 9. The monoisotopic (exact) mass is 533 g/mol. The molecule has 4 rings (SSSR count). The summed E-state index contributed by atoms with van der Waals surface area (Å²) in [7, 11) is 4.31. The number of nitro benzene ring substituents is 1. The number of amides is 1. The smallest absolute Gasteiger partial charge is 0.279 e. The molecule has 1 unspecified atom stereocenters. The number of aromatic hydroxyl groups is 1. The first kappa shape index (κ1) is 27.0. The SMILES string of the molecule is CCOc1ccc(C(NC(=O)c2cc(OC)c(OC)c(OC)c2)c2cc([N+](=O)[O-])c3cccnc3c2O)cc1. The number of nitro groups is 1. The third-order valence-electron chi connectivity index (χ3n) is 6.11. The van der Waals surface area contributed by atoms with Crippen LogP contribution in [0.25, 0.3) is 10.9 Å². The summed E-state index contributed by atoms with van der Waals surface area (Å²) >= 11 is 0. The standard InChI is InChI=1S/C28H27N3O8/c1-5-39-18-10-8-16(9-11-18)24(20-15-21(31(34)35)19-7-6-12-29-25(19)26(20)32)30-28(33)17-13-22(36-2)27(38-4)23(14-17)37-3/h6-15,24,32H,5H2,1-4H3,(H,30,33). The van der Waals surface area contributed by atoms with Crippen molar-refractivity contribution in [3.8, 4) is 28.7 Å². The fourth-order valence-corrected chi connectivity index (χ4v) is 4.29. The Kier molecular flexibility index (Phi) is 7.99. The molecular weight excluding hydrogens is 506 g/mol. The normalized spacial score (nSPS) is 11.5. The Bertz CT molecular complexity index is 1500. The summed E-state index contributed by atoms with van der Waals surface area (Å²) in [4.78, 5) is 29.1. The minimum atomic E-state index is -1.00. The van der Waals surface area contributed by atoms with Crippen LogP contribution < -0.4 is 24.3 Å². The van der Waals surface area contributed by atoms with E-state index in [-0.39, 0.29) is 45.0 Å². The van der Waals surface area contributed by atoms with Crippen molar-refractivity contribution in [1.29, 1.82) is 0 Å². The van der Waals surface area contributed by atoms with Crippen molar-refractivity contribution in [3.63, 3.8) is 0 Å². The zero-order valence-corrected chi connectivity index (χ0v) is 21.8. The van der Waals surface area contributed by atoms with E-state index < -0.39 is 16.9 Å². The molecule has 0 saturated carbocycles. The summed E-state index contributed by atoms with van der Waals surface area (Å²) in [6.07, 6.45) is 1.43. The predicted octanol–water partition coefficient (Wildman–Crippen LogP) is 4.79. The molecule has 39 heavy (non-hydrogen) atoms. The summed E-state index contributed by atoms with van der Waals surface area (Å²) in [6, 6.07) is 13.1. The zero-order chi connectivity index (χ0) is 28.1. The van der Waals surface area contributed by atoms with Gasteiger partial charge in [0.05, 0.1) is 44.3 Å². The van der Waals surface area contributed by atoms with Gasteiger partial charge in [0.25, 0.3) is 11.6 Å². The number of non-ortho nitro benzene ring substituents is 1. The van der Waals surface area contributed by atoms with E-state index in [0.717, 1.165) is 0 Å². The molecule has 1 aromatic heterocycles. The number of hydrogen-bond donors (Lipinski definition) is 2. The van der Waals surface area contributed by atoms with Gasteiger partial charge < -0.3 is 29.4 Å². The van der Waals surface area contributed by atoms with E-state index >= 15 is 0 Å². The Morgan fingerprint density at radius 2 is 1.72 bits per heavy atom. The fraction of sp³-hybridized carbons (Fsp3) is 0.214. The molecule has 1 heterocycles. The van der Waals surface area contributed by atoms with Crippen molar-refractivity contribution in [2.75, 3.05) is 27.9 Å². The van der Waals surface area contributed by atoms with Crippen molar-refractivity contribution in [2.45, 2.75) is 13.0 Å². The van der Waals surface area contributed by atoms with Crippen LogP contribution in [0.1, 0.15) is 34.5 Å². The van der Waals surface area contributed by atoms with Gasteiger partial charge in [-0.25, -0.2) is 0 Å². The molecule has 1 amide bonds. The second kappa shape index (κ2) is 11.5. The minimum absolute atomic E-state index is 0.0414. The van der Waals surface area contributed by atoms with E-state index in [4.69, 9.17) is 18.9 Å². The number of carbonyl (C=O) groups is 1. The Morgan fingerprint density at radius 3 is 2.28 bits per heavy atom. The summed E-state index contributed by atoms with van der Waals surface area (Å²) < 4.78 is 21.6. The first-order chi connectivity index (χ1) is 18.8. The Hall–Kier alpha value is -5.06. The molecule has 0 bridgehead atoms. The second-order valence-corrected chi connectivity index (χ2v) is 8.31. The number of phenolic OH excluding ortho intramolecular Hbond substituents is 1. The van der Waals surface area contributed by atoms with Gasteiger partial charge in [-0.3, -0.25) is 19.9 Å². The lowest BCUT2D eigenvalue weighted by Gasteiger charge is -2.22. The van der Waals surface area contributed by atoms with Crippen molar-refractivity contribution in [2.24, 2.45) is 0 Å². The van der Waals surface area contributed by atoms with Gasteiger partial charge in [-0.1, -0.05) is 12.1 Å². The highest BCUT2D eigenvalue weighted by Gasteiger charge is 2.28. The summed E-state index contributed by atoms with van der Waals surface area (Å²) in [5.41, 5.74) is 0.592. The van der Waals surface area contributed by atoms with Gasteiger partial charge in [-0.2, -0.15) is 0 Å². The third-order valence-corrected chi connectivity index (χ3v) is 6.11. The van der Waals surface area contributed by atoms with Crippen molar-refractivity contribution in [3.05, 3.63) is 87.6 Å². The van der Waals surface area contributed by atoms with E-state index in [1.54, 1.807) is 30.3 Å². The zero-order valence-electron chi connectivity index (χ0n) is 21.8. The van der Waals surface area contributed by atoms with Crippen LogP contribution in [0, 0.1) is 10.1 Å². The number of nitrogens with one attached hydrogen (secondary N) is 1. The molecule has 0 aliphatic heterocycles. The minimum Gasteiger partial charge on any atom is -0.505 e. The maximum Gasteiger partial charge on any atom is 0.279 e. The van der Waals surface area contributed by atoms with Gasteiger partial charge in [-0.05, 0) is 48.9 Å². The van der Waals surface area contributed by atoms with E-state index in [1.807, 2.05) is 6.92 Å². The van der Waals surface area contributed by atoms with Gasteiger partial charge in [0, 0.05) is 23.4 Å². The van der Waals surface area contributed by atoms with Crippen molar-refractivity contribution in [1.82, 2.24) is 10.3 Å². The molecule has 0 radical (unpaired) electrons. The molecule has 1 atom stereocenters. The van der Waals surface area contributed by atoms with Gasteiger partial charge in [0.1, 0.15) is 17.0 Å². The van der Waals surface area contributed by atoms with Gasteiger partial charge in [0.2, 0.25) is 5.75 Å². The number of aromatic nitrogens is 1. The van der Waals surface area contributed by atoms with Crippen LogP contribution in [0.4, 0.5) is 5.69 Å². The lowest BCUT2D eigenvalue weighted by molar-refractivity contribution is -0.383. The third kappa shape index (κ3) is 5.33. The molecule has 202 valence electrons. The van der Waals surface area contributed by atoms with Crippen LogP contribution in [-0.4, -0.2) is 48.9 Å². The maximum atomic E-state index is 13.6. The number of phenols is 1. The van der Waals surface area contributed by atoms with Gasteiger partial charge in [0.15, 0.2) is 11.5 Å². The number of nitrogens with zero attached hydrogens (tertiary/aromatic N) is 2.